The number of rotatable bonds is 3. The summed E-state index contributed by atoms with van der Waals surface area (Å²) < 4.78 is 6.15. The molecule has 0 radical (unpaired) electrons. The molecule has 5 heteroatoms. The minimum Gasteiger partial charge on any atom is -0.496 e. The van der Waals surface area contributed by atoms with Crippen LogP contribution >= 0.6 is 15.9 Å². The van der Waals surface area contributed by atoms with E-state index in [9.17, 15) is 9.59 Å². The van der Waals surface area contributed by atoms with Gasteiger partial charge in [-0.1, -0.05) is 15.9 Å². The Morgan fingerprint density at radius 3 is 2.76 bits per heavy atom. The van der Waals surface area contributed by atoms with Crippen molar-refractivity contribution in [3.8, 4) is 5.75 Å². The maximum atomic E-state index is 11.5. The third-order valence-corrected chi connectivity index (χ3v) is 3.17. The zero-order valence-electron chi connectivity index (χ0n) is 9.40. The van der Waals surface area contributed by atoms with Crippen molar-refractivity contribution in [1.29, 1.82) is 0 Å². The molecule has 0 saturated carbocycles. The smallest absolute Gasteiger partial charge is 0.230 e. The number of Topliss-reactive ketones (excluding diaryl/α,β-unsaturated/α-hetero) is 1. The highest BCUT2D eigenvalue weighted by Gasteiger charge is 2.27. The Morgan fingerprint density at radius 1 is 1.41 bits per heavy atom. The fourth-order valence-corrected chi connectivity index (χ4v) is 2.27. The fraction of sp³-hybridized carbons (Fsp3) is 0.333. The lowest BCUT2D eigenvalue weighted by Gasteiger charge is -2.17. The average molecular weight is 298 g/mol. The zero-order chi connectivity index (χ0) is 12.4. The lowest BCUT2D eigenvalue weighted by atomic mass is 10.2. The van der Waals surface area contributed by atoms with E-state index >= 15 is 0 Å². The van der Waals surface area contributed by atoms with E-state index in [1.165, 1.54) is 0 Å². The van der Waals surface area contributed by atoms with Gasteiger partial charge in [-0.2, -0.15) is 0 Å². The predicted molar refractivity (Wildman–Crippen MR) is 65.7 cm³/mol. The standard InChI is InChI=1S/C12H12BrNO3/c1-17-11-3-2-9(13)4-8(11)6-14-7-10(15)5-12(14)16/h2-4H,5-7H2,1H3. The second-order valence-electron chi connectivity index (χ2n) is 3.92. The normalized spacial score (nSPS) is 15.5. The van der Waals surface area contributed by atoms with Crippen LogP contribution in [0.25, 0.3) is 0 Å². The number of carbonyl (C=O) groups excluding carboxylic acids is 2. The molecule has 0 atom stereocenters. The number of ketones is 1. The molecule has 2 rings (SSSR count). The van der Waals surface area contributed by atoms with Gasteiger partial charge in [0.05, 0.1) is 20.1 Å². The van der Waals surface area contributed by atoms with Crippen LogP contribution in [0.2, 0.25) is 0 Å². The molecule has 1 aromatic carbocycles. The molecule has 1 amide bonds. The van der Waals surface area contributed by atoms with E-state index in [0.29, 0.717) is 6.54 Å². The van der Waals surface area contributed by atoms with Gasteiger partial charge in [-0.25, -0.2) is 0 Å². The second-order valence-corrected chi connectivity index (χ2v) is 4.84. The Bertz CT molecular complexity index is 473. The molecule has 17 heavy (non-hydrogen) atoms. The van der Waals surface area contributed by atoms with Crippen LogP contribution in [0.1, 0.15) is 12.0 Å². The Hall–Kier alpha value is -1.36. The summed E-state index contributed by atoms with van der Waals surface area (Å²) in [5.74, 6) is 0.585. The first-order chi connectivity index (χ1) is 8.10. The molecule has 0 aliphatic carbocycles. The Morgan fingerprint density at radius 2 is 2.18 bits per heavy atom. The van der Waals surface area contributed by atoms with Gasteiger partial charge in [0.1, 0.15) is 5.75 Å². The third-order valence-electron chi connectivity index (χ3n) is 2.67. The zero-order valence-corrected chi connectivity index (χ0v) is 11.0. The van der Waals surface area contributed by atoms with Crippen molar-refractivity contribution < 1.29 is 14.3 Å². The number of halogens is 1. The molecule has 0 aromatic heterocycles. The number of hydrogen-bond donors (Lipinski definition) is 0. The summed E-state index contributed by atoms with van der Waals surface area (Å²) in [5.41, 5.74) is 0.893. The summed E-state index contributed by atoms with van der Waals surface area (Å²) in [7, 11) is 1.59. The van der Waals surface area contributed by atoms with E-state index in [2.05, 4.69) is 15.9 Å². The van der Waals surface area contributed by atoms with Gasteiger partial charge < -0.3 is 9.64 Å². The van der Waals surface area contributed by atoms with Crippen LogP contribution in [0.5, 0.6) is 5.75 Å². The van der Waals surface area contributed by atoms with Crippen molar-refractivity contribution >= 4 is 27.6 Å². The first-order valence-electron chi connectivity index (χ1n) is 5.22. The number of hydrogen-bond acceptors (Lipinski definition) is 3. The number of methoxy groups -OCH3 is 1. The molecule has 0 spiro atoms. The highest BCUT2D eigenvalue weighted by atomic mass is 79.9. The molecule has 1 aliphatic rings. The van der Waals surface area contributed by atoms with Gasteiger partial charge in [0.25, 0.3) is 0 Å². The van der Waals surface area contributed by atoms with Crippen molar-refractivity contribution in [2.45, 2.75) is 13.0 Å². The van der Waals surface area contributed by atoms with Gasteiger partial charge >= 0.3 is 0 Å². The van der Waals surface area contributed by atoms with Crippen molar-refractivity contribution in [2.24, 2.45) is 0 Å². The van der Waals surface area contributed by atoms with Crippen molar-refractivity contribution in [2.75, 3.05) is 13.7 Å². The van der Waals surface area contributed by atoms with Gasteiger partial charge in [0.15, 0.2) is 5.78 Å². The van der Waals surface area contributed by atoms with Crippen molar-refractivity contribution in [1.82, 2.24) is 4.90 Å². The highest BCUT2D eigenvalue weighted by molar-refractivity contribution is 9.10. The Balaban J connectivity index is 2.20. The Labute approximate surface area is 108 Å². The summed E-state index contributed by atoms with van der Waals surface area (Å²) >= 11 is 3.38. The maximum Gasteiger partial charge on any atom is 0.230 e. The van der Waals surface area contributed by atoms with Crippen LogP contribution in [-0.4, -0.2) is 30.2 Å². The first kappa shape index (κ1) is 12.1. The lowest BCUT2D eigenvalue weighted by molar-refractivity contribution is -0.128. The van der Waals surface area contributed by atoms with Crippen LogP contribution in [0, 0.1) is 0 Å². The van der Waals surface area contributed by atoms with Crippen molar-refractivity contribution in [3.05, 3.63) is 28.2 Å². The van der Waals surface area contributed by atoms with Gasteiger partial charge in [0.2, 0.25) is 5.91 Å². The first-order valence-corrected chi connectivity index (χ1v) is 6.01. The van der Waals surface area contributed by atoms with Gasteiger partial charge in [0, 0.05) is 16.6 Å². The van der Waals surface area contributed by atoms with Crippen LogP contribution < -0.4 is 4.74 Å². The Kier molecular flexibility index (Phi) is 3.47. The largest absolute Gasteiger partial charge is 0.496 e. The van der Waals surface area contributed by atoms with Crippen LogP contribution in [0.4, 0.5) is 0 Å². The predicted octanol–water partition coefficient (Wildman–Crippen LogP) is 1.76. The second kappa shape index (κ2) is 4.87. The van der Waals surface area contributed by atoms with Crippen LogP contribution in [-0.2, 0) is 16.1 Å². The van der Waals surface area contributed by atoms with Gasteiger partial charge in [-0.05, 0) is 18.2 Å². The SMILES string of the molecule is COc1ccc(Br)cc1CN1CC(=O)CC1=O. The summed E-state index contributed by atoms with van der Waals surface area (Å²) in [6.07, 6.45) is 0.0241. The monoisotopic (exact) mass is 297 g/mol. The summed E-state index contributed by atoms with van der Waals surface area (Å²) in [6.45, 7) is 0.613. The molecular weight excluding hydrogens is 286 g/mol. The number of likely N-dealkylation sites (tertiary alicyclic amines) is 1. The molecule has 4 nitrogen and oxygen atoms in total. The number of amides is 1. The average Bonchev–Trinajstić information content (AvgIpc) is 2.58. The minimum atomic E-state index is -0.114. The van der Waals surface area contributed by atoms with Crippen LogP contribution in [0.15, 0.2) is 22.7 Å². The molecule has 1 saturated heterocycles. The molecular formula is C12H12BrNO3. The molecule has 0 bridgehead atoms. The van der Waals surface area contributed by atoms with E-state index in [0.717, 1.165) is 15.8 Å². The quantitative estimate of drug-likeness (QED) is 0.799. The van der Waals surface area contributed by atoms with E-state index in [1.54, 1.807) is 12.0 Å². The number of ether oxygens (including phenoxy) is 1. The van der Waals surface area contributed by atoms with Crippen molar-refractivity contribution in [3.63, 3.8) is 0 Å². The highest BCUT2D eigenvalue weighted by Crippen LogP contribution is 2.25. The number of carbonyl (C=O) groups is 2. The molecule has 1 aromatic rings. The molecule has 1 aliphatic heterocycles. The number of benzene rings is 1. The van der Waals surface area contributed by atoms with Gasteiger partial charge in [-0.15, -0.1) is 0 Å². The lowest BCUT2D eigenvalue weighted by Crippen LogP contribution is -2.24. The molecule has 90 valence electrons. The van der Waals surface area contributed by atoms with Gasteiger partial charge in [-0.3, -0.25) is 9.59 Å². The summed E-state index contributed by atoms with van der Waals surface area (Å²) in [4.78, 5) is 24.2. The van der Waals surface area contributed by atoms with E-state index in [1.807, 2.05) is 18.2 Å². The molecule has 0 unspecified atom stereocenters. The molecule has 0 N–H and O–H groups in total. The molecule has 1 fully saturated rings. The van der Waals surface area contributed by atoms with E-state index in [4.69, 9.17) is 4.74 Å². The fourth-order valence-electron chi connectivity index (χ4n) is 1.86. The topological polar surface area (TPSA) is 46.6 Å². The van der Waals surface area contributed by atoms with E-state index in [-0.39, 0.29) is 24.7 Å². The molecule has 1 heterocycles. The third kappa shape index (κ3) is 2.66. The summed E-state index contributed by atoms with van der Waals surface area (Å²) in [6, 6.07) is 5.61. The number of nitrogens with zero attached hydrogens (tertiary/aromatic N) is 1. The van der Waals surface area contributed by atoms with Crippen LogP contribution in [0.3, 0.4) is 0 Å². The summed E-state index contributed by atoms with van der Waals surface area (Å²) in [5, 5.41) is 0. The maximum absolute atomic E-state index is 11.5. The van der Waals surface area contributed by atoms with E-state index < -0.39 is 0 Å². The minimum absolute atomic E-state index is 0.0241.